The topological polar surface area (TPSA) is 109 Å². The van der Waals surface area contributed by atoms with Crippen molar-refractivity contribution in [2.45, 2.75) is 58.1 Å². The molecule has 0 fully saturated rings. The number of aromatic nitrogens is 3. The lowest BCUT2D eigenvalue weighted by molar-refractivity contribution is 0.277. The predicted octanol–water partition coefficient (Wildman–Crippen LogP) is 5.74. The molecule has 1 atom stereocenters. The molecule has 0 saturated heterocycles. The van der Waals surface area contributed by atoms with E-state index in [0.29, 0.717) is 35.1 Å². The molecule has 0 saturated carbocycles. The molecule has 0 radical (unpaired) electrons. The van der Waals surface area contributed by atoms with Crippen LogP contribution in [0.5, 0.6) is 11.5 Å². The summed E-state index contributed by atoms with van der Waals surface area (Å²) in [6.07, 6.45) is 5.51. The van der Waals surface area contributed by atoms with Crippen LogP contribution in [0.3, 0.4) is 0 Å². The van der Waals surface area contributed by atoms with Gasteiger partial charge in [-0.3, -0.25) is 10.2 Å². The average molecular weight is 499 g/mol. The zero-order chi connectivity index (χ0) is 26.0. The number of fused-ring (bicyclic) bond motifs is 1. The number of H-pyrrole nitrogens is 1. The molecule has 1 aliphatic carbocycles. The number of hydrogen-bond donors (Lipinski definition) is 3. The largest absolute Gasteiger partial charge is 0.767 e. The van der Waals surface area contributed by atoms with Gasteiger partial charge in [-0.1, -0.05) is 39.0 Å². The maximum atomic E-state index is 13.1. The van der Waals surface area contributed by atoms with Crippen molar-refractivity contribution in [2.75, 3.05) is 5.43 Å². The Kier molecular flexibility index (Phi) is 6.97. The first-order valence-corrected chi connectivity index (χ1v) is 12.5. The van der Waals surface area contributed by atoms with Crippen LogP contribution in [0.25, 0.3) is 11.5 Å². The number of aliphatic hydroxyl groups excluding tert-OH is 1. The summed E-state index contributed by atoms with van der Waals surface area (Å²) < 4.78 is 6.14. The minimum Gasteiger partial charge on any atom is -0.767 e. The van der Waals surface area contributed by atoms with Crippen LogP contribution in [-0.4, -0.2) is 31.3 Å². The number of nitrogens with one attached hydrogen (secondary N) is 2. The lowest BCUT2D eigenvalue weighted by atomic mass is 9.87. The third-order valence-corrected chi connectivity index (χ3v) is 6.69. The molecule has 0 amide bonds. The SMILES string of the molecule is CC(C)(C)c1cccc(NN([O-])C2CCc3ccc(Oc4ccnc(-c5ncc(CO)[nH]5)c4)cc3C2)c1. The number of pyridine rings is 1. The van der Waals surface area contributed by atoms with E-state index in [1.165, 1.54) is 11.1 Å². The van der Waals surface area contributed by atoms with Gasteiger partial charge in [-0.25, -0.2) is 4.98 Å². The maximum absolute atomic E-state index is 13.1. The quantitative estimate of drug-likeness (QED) is 0.279. The van der Waals surface area contributed by atoms with E-state index < -0.39 is 0 Å². The number of rotatable bonds is 7. The highest BCUT2D eigenvalue weighted by atomic mass is 16.5. The first-order chi connectivity index (χ1) is 17.8. The second-order valence-corrected chi connectivity index (χ2v) is 10.5. The smallest absolute Gasteiger partial charge is 0.156 e. The molecule has 1 unspecified atom stereocenters. The lowest BCUT2D eigenvalue weighted by Gasteiger charge is -2.40. The number of aryl methyl sites for hydroxylation is 1. The van der Waals surface area contributed by atoms with Crippen LogP contribution in [-0.2, 0) is 24.9 Å². The fraction of sp³-hybridized carbons (Fsp3) is 0.310. The van der Waals surface area contributed by atoms with Gasteiger partial charge in [-0.2, -0.15) is 0 Å². The molecule has 4 aromatic rings. The summed E-state index contributed by atoms with van der Waals surface area (Å²) in [4.78, 5) is 11.6. The fourth-order valence-electron chi connectivity index (χ4n) is 4.56. The van der Waals surface area contributed by atoms with Gasteiger partial charge in [0.1, 0.15) is 17.2 Å². The molecule has 0 bridgehead atoms. The standard InChI is InChI=1S/C29H32N5O3/c1-29(2,3)21-5-4-6-22(15-21)33-34(36)24-9-7-19-8-10-25(14-20(19)13-24)37-26-11-12-30-27(16-26)28-31-17-23(18-35)32-28/h4-6,8,10-12,14-17,24,33,35H,7,9,13,18H2,1-3H3,(H,31,32)/q-1. The molecule has 1 aliphatic rings. The van der Waals surface area contributed by atoms with E-state index in [1.807, 2.05) is 30.3 Å². The van der Waals surface area contributed by atoms with Crippen LogP contribution in [0.4, 0.5) is 5.69 Å². The van der Waals surface area contributed by atoms with Gasteiger partial charge in [0.25, 0.3) is 0 Å². The van der Waals surface area contributed by atoms with Crippen molar-refractivity contribution in [1.82, 2.24) is 20.1 Å². The van der Waals surface area contributed by atoms with Gasteiger partial charge in [0, 0.05) is 24.0 Å². The van der Waals surface area contributed by atoms with Crippen LogP contribution in [0.2, 0.25) is 0 Å². The number of hydrogen-bond acceptors (Lipinski definition) is 7. The van der Waals surface area contributed by atoms with Gasteiger partial charge >= 0.3 is 0 Å². The van der Waals surface area contributed by atoms with Gasteiger partial charge in [0.2, 0.25) is 0 Å². The highest BCUT2D eigenvalue weighted by molar-refractivity contribution is 5.53. The average Bonchev–Trinajstić information content (AvgIpc) is 3.38. The molecule has 0 spiro atoms. The first kappa shape index (κ1) is 25.0. The minimum absolute atomic E-state index is 0.0154. The summed E-state index contributed by atoms with van der Waals surface area (Å²) in [5.74, 6) is 1.90. The van der Waals surface area contributed by atoms with Crippen molar-refractivity contribution < 1.29 is 9.84 Å². The third-order valence-electron chi connectivity index (χ3n) is 6.69. The summed E-state index contributed by atoms with van der Waals surface area (Å²) in [6, 6.07) is 17.5. The number of imidazole rings is 1. The molecule has 0 aliphatic heterocycles. The number of aliphatic hydroxyl groups is 1. The Hall–Kier alpha value is -3.72. The molecule has 2 heterocycles. The molecule has 5 rings (SSSR count). The molecular formula is C29H32N5O3-. The van der Waals surface area contributed by atoms with E-state index in [2.05, 4.69) is 53.3 Å². The van der Waals surface area contributed by atoms with Crippen LogP contribution in [0.15, 0.2) is 67.0 Å². The van der Waals surface area contributed by atoms with Crippen LogP contribution >= 0.6 is 0 Å². The number of nitrogens with zero attached hydrogens (tertiary/aromatic N) is 3. The van der Waals surface area contributed by atoms with Gasteiger partial charge in [-0.05, 0) is 71.7 Å². The Balaban J connectivity index is 1.27. The van der Waals surface area contributed by atoms with Crippen molar-refractivity contribution in [2.24, 2.45) is 0 Å². The van der Waals surface area contributed by atoms with Crippen molar-refractivity contribution >= 4 is 5.69 Å². The van der Waals surface area contributed by atoms with Crippen LogP contribution in [0, 0.1) is 5.21 Å². The summed E-state index contributed by atoms with van der Waals surface area (Å²) in [5.41, 5.74) is 8.66. The second-order valence-electron chi connectivity index (χ2n) is 10.5. The van der Waals surface area contributed by atoms with E-state index in [0.717, 1.165) is 29.3 Å². The molecule has 2 aromatic heterocycles. The zero-order valence-corrected chi connectivity index (χ0v) is 21.4. The summed E-state index contributed by atoms with van der Waals surface area (Å²) in [5, 5.41) is 23.3. The monoisotopic (exact) mass is 498 g/mol. The van der Waals surface area contributed by atoms with Crippen LogP contribution < -0.4 is 10.2 Å². The minimum atomic E-state index is -0.173. The number of hydroxylamine groups is 1. The molecule has 3 N–H and O–H groups in total. The van der Waals surface area contributed by atoms with Gasteiger partial charge in [-0.15, -0.1) is 0 Å². The number of aromatic amines is 1. The molecular weight excluding hydrogens is 466 g/mol. The second kappa shape index (κ2) is 10.3. The fourth-order valence-corrected chi connectivity index (χ4v) is 4.56. The van der Waals surface area contributed by atoms with Crippen molar-refractivity contribution in [3.8, 4) is 23.0 Å². The molecule has 8 nitrogen and oxygen atoms in total. The van der Waals surface area contributed by atoms with E-state index in [1.54, 1.807) is 24.5 Å². The Morgan fingerprint density at radius 2 is 1.92 bits per heavy atom. The maximum Gasteiger partial charge on any atom is 0.156 e. The number of anilines is 1. The van der Waals surface area contributed by atoms with Crippen molar-refractivity contribution in [1.29, 1.82) is 0 Å². The summed E-state index contributed by atoms with van der Waals surface area (Å²) in [6.45, 7) is 6.37. The van der Waals surface area contributed by atoms with Gasteiger partial charge in [0.15, 0.2) is 5.82 Å². The predicted molar refractivity (Wildman–Crippen MR) is 144 cm³/mol. The van der Waals surface area contributed by atoms with E-state index in [9.17, 15) is 10.3 Å². The van der Waals surface area contributed by atoms with Crippen LogP contribution in [0.1, 0.15) is 49.6 Å². The molecule has 192 valence electrons. The summed E-state index contributed by atoms with van der Waals surface area (Å²) in [7, 11) is 0. The Bertz CT molecular complexity index is 1380. The number of hydrazine groups is 1. The molecule has 2 aromatic carbocycles. The molecule has 8 heteroatoms. The number of ether oxygens (including phenoxy) is 1. The Morgan fingerprint density at radius 1 is 1.08 bits per heavy atom. The molecule has 37 heavy (non-hydrogen) atoms. The summed E-state index contributed by atoms with van der Waals surface area (Å²) >= 11 is 0. The normalized spacial score (nSPS) is 15.5. The highest BCUT2D eigenvalue weighted by Crippen LogP contribution is 2.31. The highest BCUT2D eigenvalue weighted by Gasteiger charge is 2.21. The van der Waals surface area contributed by atoms with E-state index >= 15 is 0 Å². The zero-order valence-electron chi connectivity index (χ0n) is 21.4. The Morgan fingerprint density at radius 3 is 2.70 bits per heavy atom. The van der Waals surface area contributed by atoms with E-state index in [-0.39, 0.29) is 18.1 Å². The van der Waals surface area contributed by atoms with Crippen molar-refractivity contribution in [3.05, 3.63) is 94.6 Å². The van der Waals surface area contributed by atoms with Gasteiger partial charge < -0.3 is 25.5 Å². The lowest BCUT2D eigenvalue weighted by Crippen LogP contribution is -2.39. The Labute approximate surface area is 216 Å². The van der Waals surface area contributed by atoms with Gasteiger partial charge in [0.05, 0.1) is 18.5 Å². The third kappa shape index (κ3) is 5.83. The van der Waals surface area contributed by atoms with E-state index in [4.69, 9.17) is 4.74 Å². The number of benzene rings is 2. The van der Waals surface area contributed by atoms with Crippen molar-refractivity contribution in [3.63, 3.8) is 0 Å². The first-order valence-electron chi connectivity index (χ1n) is 12.5.